The molecule has 4 heteroatoms. The van der Waals surface area contributed by atoms with E-state index in [-0.39, 0.29) is 0 Å². The highest BCUT2D eigenvalue weighted by atomic mass is 19.4. The average Bonchev–Trinajstić information content (AvgIpc) is 2.81. The molecule has 0 nitrogen and oxygen atoms in total. The van der Waals surface area contributed by atoms with Crippen LogP contribution in [-0.2, 0) is 6.18 Å². The number of fused-ring (bicyclic) bond motifs is 1. The second-order valence-corrected chi connectivity index (χ2v) is 10.4. The van der Waals surface area contributed by atoms with Crippen molar-refractivity contribution in [3.8, 4) is 11.1 Å². The molecule has 0 radical (unpaired) electrons. The molecule has 0 spiro atoms. The zero-order chi connectivity index (χ0) is 23.4. The van der Waals surface area contributed by atoms with E-state index in [1.54, 1.807) is 0 Å². The van der Waals surface area contributed by atoms with Crippen LogP contribution in [-0.4, -0.2) is 0 Å². The molecule has 2 fully saturated rings. The number of hydrogen-bond acceptors (Lipinski definition) is 0. The largest absolute Gasteiger partial charge is 0.419 e. The van der Waals surface area contributed by atoms with Crippen LogP contribution >= 0.6 is 0 Å². The van der Waals surface area contributed by atoms with Gasteiger partial charge in [-0.3, -0.25) is 0 Å². The van der Waals surface area contributed by atoms with E-state index in [0.717, 1.165) is 35.4 Å². The monoisotopic (exact) mass is 460 g/mol. The molecule has 1 unspecified atom stereocenters. The maximum atomic E-state index is 14.0. The highest BCUT2D eigenvalue weighted by molar-refractivity contribution is 5.64. The predicted molar refractivity (Wildman–Crippen MR) is 127 cm³/mol. The van der Waals surface area contributed by atoms with Gasteiger partial charge in [-0.05, 0) is 84.6 Å². The molecule has 2 aromatic rings. The van der Waals surface area contributed by atoms with Crippen molar-refractivity contribution in [1.29, 1.82) is 0 Å². The van der Waals surface area contributed by atoms with Crippen LogP contribution in [0.1, 0.15) is 94.6 Å². The Hall–Kier alpha value is -1.84. The summed E-state index contributed by atoms with van der Waals surface area (Å²) in [6.07, 6.45) is 10.2. The molecule has 0 bridgehead atoms. The third-order valence-corrected chi connectivity index (χ3v) is 8.18. The summed E-state index contributed by atoms with van der Waals surface area (Å²) in [4.78, 5) is 0. The van der Waals surface area contributed by atoms with E-state index < -0.39 is 17.6 Å². The van der Waals surface area contributed by atoms with Gasteiger partial charge in [0.05, 0.1) is 5.56 Å². The number of halogens is 4. The lowest BCUT2D eigenvalue weighted by atomic mass is 9.63. The lowest BCUT2D eigenvalue weighted by molar-refractivity contribution is -0.139. The van der Waals surface area contributed by atoms with Gasteiger partial charge in [0, 0.05) is 0 Å². The minimum atomic E-state index is -4.67. The number of unbranched alkanes of at least 4 members (excludes halogenated alkanes) is 3. The first-order valence-electron chi connectivity index (χ1n) is 12.8. The Morgan fingerprint density at radius 1 is 0.788 bits per heavy atom. The van der Waals surface area contributed by atoms with Crippen LogP contribution < -0.4 is 0 Å². The van der Waals surface area contributed by atoms with Gasteiger partial charge in [0.15, 0.2) is 0 Å². The topological polar surface area (TPSA) is 0 Å². The van der Waals surface area contributed by atoms with E-state index in [4.69, 9.17) is 0 Å². The first-order chi connectivity index (χ1) is 15.8. The first-order valence-corrected chi connectivity index (χ1v) is 12.8. The lowest BCUT2D eigenvalue weighted by Gasteiger charge is -2.42. The Morgan fingerprint density at radius 3 is 2.18 bits per heavy atom. The summed E-state index contributed by atoms with van der Waals surface area (Å²) in [6, 6.07) is 11.2. The van der Waals surface area contributed by atoms with Gasteiger partial charge < -0.3 is 0 Å². The van der Waals surface area contributed by atoms with E-state index in [1.165, 1.54) is 82.3 Å². The van der Waals surface area contributed by atoms with Crippen LogP contribution in [0.5, 0.6) is 0 Å². The van der Waals surface area contributed by atoms with Crippen molar-refractivity contribution in [2.24, 2.45) is 17.8 Å². The highest BCUT2D eigenvalue weighted by Crippen LogP contribution is 2.48. The number of benzene rings is 2. The van der Waals surface area contributed by atoms with Crippen molar-refractivity contribution in [3.05, 3.63) is 59.4 Å². The van der Waals surface area contributed by atoms with E-state index in [0.29, 0.717) is 11.5 Å². The average molecular weight is 461 g/mol. The number of rotatable bonds is 7. The van der Waals surface area contributed by atoms with Gasteiger partial charge in [0.2, 0.25) is 0 Å². The van der Waals surface area contributed by atoms with Crippen LogP contribution in [0.2, 0.25) is 0 Å². The lowest BCUT2D eigenvalue weighted by Crippen LogP contribution is -2.30. The molecule has 2 aromatic carbocycles. The Bertz CT molecular complexity index is 899. The molecular formula is C29H36F4. The van der Waals surface area contributed by atoms with Crippen molar-refractivity contribution in [3.63, 3.8) is 0 Å². The molecule has 4 atom stereocenters. The van der Waals surface area contributed by atoms with Crippen molar-refractivity contribution in [2.45, 2.75) is 89.6 Å². The van der Waals surface area contributed by atoms with Crippen molar-refractivity contribution in [2.75, 3.05) is 0 Å². The van der Waals surface area contributed by atoms with Gasteiger partial charge in [-0.25, -0.2) is 4.39 Å². The minimum Gasteiger partial charge on any atom is -0.206 e. The molecular weight excluding hydrogens is 424 g/mol. The maximum Gasteiger partial charge on any atom is 0.419 e. The van der Waals surface area contributed by atoms with E-state index in [9.17, 15) is 17.6 Å². The normalized spacial score (nSPS) is 25.6. The fraction of sp³-hybridized carbons (Fsp3) is 0.586. The van der Waals surface area contributed by atoms with Gasteiger partial charge in [-0.1, -0.05) is 75.8 Å². The Morgan fingerprint density at radius 2 is 1.48 bits per heavy atom. The molecule has 4 rings (SSSR count). The molecule has 0 amide bonds. The smallest absolute Gasteiger partial charge is 0.206 e. The quantitative estimate of drug-likeness (QED) is 0.285. The molecule has 0 aliphatic heterocycles. The number of hydrogen-bond donors (Lipinski definition) is 0. The van der Waals surface area contributed by atoms with Crippen molar-refractivity contribution in [1.82, 2.24) is 0 Å². The fourth-order valence-corrected chi connectivity index (χ4v) is 6.28. The SMILES string of the molecule is CCCCCCC1CC[C@@H]2C[C@H](c3ccc(-c4ccc(C(F)(F)F)c(F)c4)cc3)CC[C@@H]2C1. The summed E-state index contributed by atoms with van der Waals surface area (Å²) in [5.74, 6) is 2.00. The predicted octanol–water partition coefficient (Wildman–Crippen LogP) is 9.78. The third kappa shape index (κ3) is 6.00. The Kier molecular flexibility index (Phi) is 7.81. The van der Waals surface area contributed by atoms with Crippen LogP contribution in [0.25, 0.3) is 11.1 Å². The van der Waals surface area contributed by atoms with Gasteiger partial charge in [0.25, 0.3) is 0 Å². The van der Waals surface area contributed by atoms with E-state index in [1.807, 2.05) is 12.1 Å². The summed E-state index contributed by atoms with van der Waals surface area (Å²) >= 11 is 0. The zero-order valence-electron chi connectivity index (χ0n) is 19.6. The summed E-state index contributed by atoms with van der Waals surface area (Å²) < 4.78 is 52.4. The Balaban J connectivity index is 1.34. The summed E-state index contributed by atoms with van der Waals surface area (Å²) in [5.41, 5.74) is 1.33. The van der Waals surface area contributed by atoms with Crippen LogP contribution in [0.3, 0.4) is 0 Å². The van der Waals surface area contributed by atoms with Crippen LogP contribution in [0.4, 0.5) is 17.6 Å². The molecule has 0 heterocycles. The minimum absolute atomic E-state index is 0.480. The molecule has 2 aliphatic rings. The molecule has 2 saturated carbocycles. The molecule has 33 heavy (non-hydrogen) atoms. The molecule has 180 valence electrons. The standard InChI is InChI=1S/C29H36F4/c1-2-3-4-5-6-20-7-8-25-18-24(14-13-23(25)17-20)21-9-11-22(12-10-21)26-15-16-27(28(30)19-26)29(31,32)33/h9-12,15-16,19-20,23-25H,2-8,13-14,17-18H2,1H3/t20?,23-,24-,25-/m1/s1. The van der Waals surface area contributed by atoms with Gasteiger partial charge >= 0.3 is 6.18 Å². The maximum absolute atomic E-state index is 14.0. The molecule has 2 aliphatic carbocycles. The van der Waals surface area contributed by atoms with Gasteiger partial charge in [0.1, 0.15) is 5.82 Å². The number of alkyl halides is 3. The van der Waals surface area contributed by atoms with Crippen LogP contribution in [0.15, 0.2) is 42.5 Å². The van der Waals surface area contributed by atoms with Crippen molar-refractivity contribution >= 4 is 0 Å². The van der Waals surface area contributed by atoms with Gasteiger partial charge in [-0.15, -0.1) is 0 Å². The second kappa shape index (κ2) is 10.6. The first kappa shape index (κ1) is 24.3. The van der Waals surface area contributed by atoms with Crippen LogP contribution in [0, 0.1) is 23.6 Å². The third-order valence-electron chi connectivity index (χ3n) is 8.18. The van der Waals surface area contributed by atoms with E-state index >= 15 is 0 Å². The Labute approximate surface area is 195 Å². The van der Waals surface area contributed by atoms with Gasteiger partial charge in [-0.2, -0.15) is 13.2 Å². The zero-order valence-corrected chi connectivity index (χ0v) is 19.6. The molecule has 0 aromatic heterocycles. The summed E-state index contributed by atoms with van der Waals surface area (Å²) in [6.45, 7) is 2.27. The highest BCUT2D eigenvalue weighted by Gasteiger charge is 2.36. The molecule has 0 N–H and O–H groups in total. The fourth-order valence-electron chi connectivity index (χ4n) is 6.28. The second-order valence-electron chi connectivity index (χ2n) is 10.4. The summed E-state index contributed by atoms with van der Waals surface area (Å²) in [7, 11) is 0. The van der Waals surface area contributed by atoms with E-state index in [2.05, 4.69) is 19.1 Å². The summed E-state index contributed by atoms with van der Waals surface area (Å²) in [5, 5.41) is 0. The molecule has 0 saturated heterocycles. The van der Waals surface area contributed by atoms with Crippen molar-refractivity contribution < 1.29 is 17.6 Å².